The molecule has 1 aliphatic rings. The average Bonchev–Trinajstić information content (AvgIpc) is 3.19. The van der Waals surface area contributed by atoms with Crippen LogP contribution in [0.4, 0.5) is 5.13 Å². The van der Waals surface area contributed by atoms with Gasteiger partial charge in [-0.2, -0.15) is 4.31 Å². The van der Waals surface area contributed by atoms with Crippen LogP contribution in [0, 0.1) is 0 Å². The molecular weight excluding hydrogens is 437 g/mol. The molecule has 0 spiro atoms. The van der Waals surface area contributed by atoms with Gasteiger partial charge < -0.3 is 4.90 Å². The number of sulfonamides is 1. The first-order chi connectivity index (χ1) is 13.4. The summed E-state index contributed by atoms with van der Waals surface area (Å²) in [6.07, 6.45) is 0. The Hall–Kier alpha value is -1.64. The Morgan fingerprint density at radius 2 is 1.64 bits per heavy atom. The first-order valence-electron chi connectivity index (χ1n) is 8.65. The predicted octanol–water partition coefficient (Wildman–Crippen LogP) is 4.63. The Balaban J connectivity index is 1.45. The van der Waals surface area contributed by atoms with E-state index in [0.717, 1.165) is 16.4 Å². The molecule has 4 rings (SSSR count). The fourth-order valence-electron chi connectivity index (χ4n) is 3.06. The van der Waals surface area contributed by atoms with Crippen molar-refractivity contribution >= 4 is 49.7 Å². The van der Waals surface area contributed by atoms with Gasteiger partial charge in [0, 0.05) is 47.2 Å². The van der Waals surface area contributed by atoms with Gasteiger partial charge in [-0.15, -0.1) is 11.3 Å². The minimum Gasteiger partial charge on any atom is -0.345 e. The Bertz CT molecular complexity index is 1080. The molecule has 1 saturated heterocycles. The number of nitrogens with zero attached hydrogens (tertiary/aromatic N) is 3. The molecule has 0 aliphatic carbocycles. The van der Waals surface area contributed by atoms with Crippen LogP contribution in [-0.4, -0.2) is 43.9 Å². The van der Waals surface area contributed by atoms with Crippen molar-refractivity contribution in [2.75, 3.05) is 31.1 Å². The van der Waals surface area contributed by atoms with Crippen molar-refractivity contribution in [3.63, 3.8) is 0 Å². The molecule has 0 unspecified atom stereocenters. The number of rotatable bonds is 4. The molecule has 9 heteroatoms. The second-order valence-corrected chi connectivity index (χ2v) is 10.0. The number of aromatic nitrogens is 1. The highest BCUT2D eigenvalue weighted by Crippen LogP contribution is 2.29. The molecule has 0 amide bonds. The third kappa shape index (κ3) is 4.04. The average molecular weight is 454 g/mol. The monoisotopic (exact) mass is 453 g/mol. The molecule has 0 atom stereocenters. The molecular formula is C19H17Cl2N3O2S2. The van der Waals surface area contributed by atoms with Crippen LogP contribution in [0.1, 0.15) is 0 Å². The van der Waals surface area contributed by atoms with Gasteiger partial charge in [-0.25, -0.2) is 13.4 Å². The fourth-order valence-corrected chi connectivity index (χ4v) is 5.80. The largest absolute Gasteiger partial charge is 0.345 e. The van der Waals surface area contributed by atoms with Crippen LogP contribution in [0.2, 0.25) is 10.0 Å². The zero-order valence-corrected chi connectivity index (χ0v) is 17.9. The van der Waals surface area contributed by atoms with Crippen molar-refractivity contribution in [3.05, 3.63) is 64.0 Å². The van der Waals surface area contributed by atoms with Crippen molar-refractivity contribution in [1.82, 2.24) is 9.29 Å². The van der Waals surface area contributed by atoms with E-state index in [1.807, 2.05) is 29.6 Å². The lowest BCUT2D eigenvalue weighted by Gasteiger charge is -2.33. The highest BCUT2D eigenvalue weighted by Gasteiger charge is 2.29. The Morgan fingerprint density at radius 3 is 2.32 bits per heavy atom. The SMILES string of the molecule is O=S(=O)(c1cccc(Cl)c1)N1CCN(c2nc(-c3ccc(Cl)cc3)cs2)CC1. The summed E-state index contributed by atoms with van der Waals surface area (Å²) in [5.74, 6) is 0. The minimum atomic E-state index is -3.54. The van der Waals surface area contributed by atoms with Crippen molar-refractivity contribution in [2.24, 2.45) is 0 Å². The quantitative estimate of drug-likeness (QED) is 0.577. The predicted molar refractivity (Wildman–Crippen MR) is 115 cm³/mol. The molecule has 1 fully saturated rings. The zero-order chi connectivity index (χ0) is 19.7. The summed E-state index contributed by atoms with van der Waals surface area (Å²) in [6, 6.07) is 14.0. The number of anilines is 1. The van der Waals surface area contributed by atoms with Gasteiger partial charge in [0.1, 0.15) is 0 Å². The topological polar surface area (TPSA) is 53.5 Å². The summed E-state index contributed by atoms with van der Waals surface area (Å²) in [6.45, 7) is 2.00. The lowest BCUT2D eigenvalue weighted by Crippen LogP contribution is -2.48. The van der Waals surface area contributed by atoms with E-state index in [1.165, 1.54) is 10.4 Å². The second-order valence-electron chi connectivity index (χ2n) is 6.37. The molecule has 0 radical (unpaired) electrons. The number of piperazine rings is 1. The maximum atomic E-state index is 12.8. The van der Waals surface area contributed by atoms with Gasteiger partial charge >= 0.3 is 0 Å². The smallest absolute Gasteiger partial charge is 0.243 e. The van der Waals surface area contributed by atoms with Gasteiger partial charge in [0.15, 0.2) is 5.13 Å². The van der Waals surface area contributed by atoms with Gasteiger partial charge in [0.2, 0.25) is 10.0 Å². The molecule has 1 aliphatic heterocycles. The Kier molecular flexibility index (Phi) is 5.62. The number of halogens is 2. The van der Waals surface area contributed by atoms with E-state index in [1.54, 1.807) is 29.5 Å². The molecule has 0 N–H and O–H groups in total. The van der Waals surface area contributed by atoms with Crippen molar-refractivity contribution in [3.8, 4) is 11.3 Å². The van der Waals surface area contributed by atoms with Crippen LogP contribution >= 0.6 is 34.5 Å². The third-order valence-electron chi connectivity index (χ3n) is 4.58. The molecule has 2 aromatic carbocycles. The highest BCUT2D eigenvalue weighted by molar-refractivity contribution is 7.89. The highest BCUT2D eigenvalue weighted by atomic mass is 35.5. The van der Waals surface area contributed by atoms with Crippen LogP contribution in [-0.2, 0) is 10.0 Å². The van der Waals surface area contributed by atoms with Gasteiger partial charge in [0.05, 0.1) is 10.6 Å². The number of thiazole rings is 1. The molecule has 28 heavy (non-hydrogen) atoms. The van der Waals surface area contributed by atoms with Crippen molar-refractivity contribution < 1.29 is 8.42 Å². The van der Waals surface area contributed by atoms with Gasteiger partial charge in [-0.3, -0.25) is 0 Å². The summed E-state index contributed by atoms with van der Waals surface area (Å²) in [5, 5.41) is 4.01. The summed E-state index contributed by atoms with van der Waals surface area (Å²) in [5.41, 5.74) is 1.90. The molecule has 0 bridgehead atoms. The van der Waals surface area contributed by atoms with Crippen LogP contribution in [0.3, 0.4) is 0 Å². The maximum absolute atomic E-state index is 12.8. The van der Waals surface area contributed by atoms with E-state index in [9.17, 15) is 8.42 Å². The lowest BCUT2D eigenvalue weighted by atomic mass is 10.2. The van der Waals surface area contributed by atoms with E-state index < -0.39 is 10.0 Å². The summed E-state index contributed by atoms with van der Waals surface area (Å²) >= 11 is 13.5. The molecule has 2 heterocycles. The minimum absolute atomic E-state index is 0.229. The van der Waals surface area contributed by atoms with Gasteiger partial charge in [-0.1, -0.05) is 41.4 Å². The Morgan fingerprint density at radius 1 is 0.929 bits per heavy atom. The van der Waals surface area contributed by atoms with E-state index in [0.29, 0.717) is 36.2 Å². The summed E-state index contributed by atoms with van der Waals surface area (Å²) in [4.78, 5) is 7.06. The normalized spacial score (nSPS) is 15.7. The van der Waals surface area contributed by atoms with E-state index in [2.05, 4.69) is 4.90 Å². The van der Waals surface area contributed by atoms with Crippen LogP contribution in [0.15, 0.2) is 58.8 Å². The molecule has 0 saturated carbocycles. The van der Waals surface area contributed by atoms with Gasteiger partial charge in [0.25, 0.3) is 0 Å². The summed E-state index contributed by atoms with van der Waals surface area (Å²) in [7, 11) is -3.54. The number of hydrogen-bond acceptors (Lipinski definition) is 5. The first-order valence-corrected chi connectivity index (χ1v) is 11.7. The van der Waals surface area contributed by atoms with E-state index in [4.69, 9.17) is 28.2 Å². The van der Waals surface area contributed by atoms with E-state index >= 15 is 0 Å². The fraction of sp³-hybridized carbons (Fsp3) is 0.211. The first kappa shape index (κ1) is 19.7. The van der Waals surface area contributed by atoms with E-state index in [-0.39, 0.29) is 4.90 Å². The standard InChI is InChI=1S/C19H17Cl2N3O2S2/c20-15-6-4-14(5-7-15)18-13-27-19(22-18)23-8-10-24(11-9-23)28(25,26)17-3-1-2-16(21)12-17/h1-7,12-13H,8-11H2. The molecule has 1 aromatic heterocycles. The van der Waals surface area contributed by atoms with Crippen molar-refractivity contribution in [1.29, 1.82) is 0 Å². The molecule has 3 aromatic rings. The molecule has 146 valence electrons. The third-order valence-corrected chi connectivity index (χ3v) is 7.86. The lowest BCUT2D eigenvalue weighted by molar-refractivity contribution is 0.385. The van der Waals surface area contributed by atoms with Crippen LogP contribution in [0.25, 0.3) is 11.3 Å². The van der Waals surface area contributed by atoms with Crippen LogP contribution < -0.4 is 4.90 Å². The van der Waals surface area contributed by atoms with Crippen LogP contribution in [0.5, 0.6) is 0 Å². The van der Waals surface area contributed by atoms with Crippen molar-refractivity contribution in [2.45, 2.75) is 4.90 Å². The summed E-state index contributed by atoms with van der Waals surface area (Å²) < 4.78 is 27.2. The second kappa shape index (κ2) is 8.00. The number of hydrogen-bond donors (Lipinski definition) is 0. The Labute approximate surface area is 178 Å². The number of benzene rings is 2. The zero-order valence-electron chi connectivity index (χ0n) is 14.8. The molecule has 5 nitrogen and oxygen atoms in total. The maximum Gasteiger partial charge on any atom is 0.243 e. The van der Waals surface area contributed by atoms with Gasteiger partial charge in [-0.05, 0) is 30.3 Å².